The van der Waals surface area contributed by atoms with Crippen molar-refractivity contribution in [2.24, 2.45) is 0 Å². The van der Waals surface area contributed by atoms with Crippen LogP contribution in [0.25, 0.3) is 0 Å². The van der Waals surface area contributed by atoms with Crippen LogP contribution in [0.2, 0.25) is 0 Å². The standard InChI is InChI=1S/C30H29N3O2/c34-29(35-27-19-11-4-12-20-27)32-33-22-21-31-23-28(33)30(24-13-5-1-6-14-24,25-15-7-2-8-16-25)26-17-9-3-10-18-26/h1-20,28,31H,21-23H2,(H,32,34). The lowest BCUT2D eigenvalue weighted by molar-refractivity contribution is 0.0662. The lowest BCUT2D eigenvalue weighted by Crippen LogP contribution is -2.66. The number of nitrogens with zero attached hydrogens (tertiary/aromatic N) is 1. The quantitative estimate of drug-likeness (QED) is 0.395. The molecule has 5 heteroatoms. The molecule has 1 amide bonds. The van der Waals surface area contributed by atoms with Crippen LogP contribution in [0.5, 0.6) is 5.75 Å². The van der Waals surface area contributed by atoms with Crippen molar-refractivity contribution in [3.05, 3.63) is 138 Å². The Labute approximate surface area is 206 Å². The number of para-hydroxylation sites is 1. The lowest BCUT2D eigenvalue weighted by atomic mass is 9.64. The van der Waals surface area contributed by atoms with E-state index in [0.717, 1.165) is 23.2 Å². The van der Waals surface area contributed by atoms with Gasteiger partial charge in [0.15, 0.2) is 0 Å². The van der Waals surface area contributed by atoms with Crippen molar-refractivity contribution in [3.8, 4) is 5.75 Å². The van der Waals surface area contributed by atoms with Crippen LogP contribution in [-0.2, 0) is 5.41 Å². The summed E-state index contributed by atoms with van der Waals surface area (Å²) in [6, 6.07) is 40.7. The third-order valence-corrected chi connectivity index (χ3v) is 6.62. The van der Waals surface area contributed by atoms with Crippen LogP contribution in [-0.4, -0.2) is 36.8 Å². The Morgan fingerprint density at radius 2 is 1.20 bits per heavy atom. The van der Waals surface area contributed by atoms with Crippen molar-refractivity contribution in [2.75, 3.05) is 19.6 Å². The van der Waals surface area contributed by atoms with Gasteiger partial charge in [-0.05, 0) is 28.8 Å². The first-order chi connectivity index (χ1) is 17.3. The van der Waals surface area contributed by atoms with Gasteiger partial charge in [0, 0.05) is 19.6 Å². The topological polar surface area (TPSA) is 53.6 Å². The molecule has 35 heavy (non-hydrogen) atoms. The number of ether oxygens (including phenoxy) is 1. The van der Waals surface area contributed by atoms with Crippen LogP contribution in [0.4, 0.5) is 4.79 Å². The van der Waals surface area contributed by atoms with Crippen molar-refractivity contribution in [1.29, 1.82) is 0 Å². The molecule has 5 nitrogen and oxygen atoms in total. The molecule has 2 N–H and O–H groups in total. The van der Waals surface area contributed by atoms with Crippen LogP contribution >= 0.6 is 0 Å². The molecular formula is C30H29N3O2. The van der Waals surface area contributed by atoms with Gasteiger partial charge in [-0.2, -0.15) is 0 Å². The minimum absolute atomic E-state index is 0.119. The third kappa shape index (κ3) is 4.69. The fourth-order valence-corrected chi connectivity index (χ4v) is 5.14. The SMILES string of the molecule is O=C(NN1CCNCC1C(c1ccccc1)(c1ccccc1)c1ccccc1)Oc1ccccc1. The fourth-order valence-electron chi connectivity index (χ4n) is 5.14. The molecule has 1 aliphatic rings. The van der Waals surface area contributed by atoms with Crippen molar-refractivity contribution in [1.82, 2.24) is 15.8 Å². The highest BCUT2D eigenvalue weighted by atomic mass is 16.6. The Morgan fingerprint density at radius 1 is 0.743 bits per heavy atom. The molecule has 1 saturated heterocycles. The maximum Gasteiger partial charge on any atom is 0.427 e. The maximum atomic E-state index is 13.0. The first kappa shape index (κ1) is 22.8. The van der Waals surface area contributed by atoms with E-state index in [1.807, 2.05) is 41.4 Å². The molecule has 1 aliphatic heterocycles. The largest absolute Gasteiger partial charge is 0.427 e. The molecule has 0 bridgehead atoms. The molecule has 1 heterocycles. The van der Waals surface area contributed by atoms with Gasteiger partial charge >= 0.3 is 6.09 Å². The first-order valence-corrected chi connectivity index (χ1v) is 12.0. The zero-order valence-corrected chi connectivity index (χ0v) is 19.5. The third-order valence-electron chi connectivity index (χ3n) is 6.62. The number of amides is 1. The van der Waals surface area contributed by atoms with Crippen molar-refractivity contribution in [2.45, 2.75) is 11.5 Å². The fraction of sp³-hybridized carbons (Fsp3) is 0.167. The molecule has 0 radical (unpaired) electrons. The molecule has 0 aliphatic carbocycles. The van der Waals surface area contributed by atoms with Crippen LogP contribution < -0.4 is 15.5 Å². The van der Waals surface area contributed by atoms with Crippen LogP contribution in [0, 0.1) is 0 Å². The van der Waals surface area contributed by atoms with Gasteiger partial charge in [-0.15, -0.1) is 0 Å². The van der Waals surface area contributed by atoms with Gasteiger partial charge in [0.05, 0.1) is 11.5 Å². The second-order valence-electron chi connectivity index (χ2n) is 8.63. The van der Waals surface area contributed by atoms with Crippen LogP contribution in [0.15, 0.2) is 121 Å². The summed E-state index contributed by atoms with van der Waals surface area (Å²) in [5, 5.41) is 5.60. The molecule has 1 fully saturated rings. The highest BCUT2D eigenvalue weighted by Crippen LogP contribution is 2.44. The molecular weight excluding hydrogens is 434 g/mol. The summed E-state index contributed by atoms with van der Waals surface area (Å²) in [5.74, 6) is 0.511. The van der Waals surface area contributed by atoms with E-state index in [1.165, 1.54) is 0 Å². The van der Waals surface area contributed by atoms with Crippen LogP contribution in [0.1, 0.15) is 16.7 Å². The van der Waals surface area contributed by atoms with Gasteiger partial charge in [0.2, 0.25) is 0 Å². The van der Waals surface area contributed by atoms with E-state index in [1.54, 1.807) is 12.1 Å². The van der Waals surface area contributed by atoms with Crippen molar-refractivity contribution in [3.63, 3.8) is 0 Å². The average molecular weight is 464 g/mol. The number of hydrogen-bond acceptors (Lipinski definition) is 4. The Morgan fingerprint density at radius 3 is 1.69 bits per heavy atom. The molecule has 4 aromatic rings. The van der Waals surface area contributed by atoms with Gasteiger partial charge in [-0.3, -0.25) is 5.43 Å². The number of carbonyl (C=O) groups is 1. The zero-order valence-electron chi connectivity index (χ0n) is 19.5. The highest BCUT2D eigenvalue weighted by Gasteiger charge is 2.47. The zero-order chi connectivity index (χ0) is 23.9. The Hall–Kier alpha value is -3.93. The summed E-state index contributed by atoms with van der Waals surface area (Å²) in [7, 11) is 0. The molecule has 1 unspecified atom stereocenters. The van der Waals surface area contributed by atoms with Gasteiger partial charge in [-0.25, -0.2) is 9.80 Å². The lowest BCUT2D eigenvalue weighted by Gasteiger charge is -2.49. The average Bonchev–Trinajstić information content (AvgIpc) is 2.92. The van der Waals surface area contributed by atoms with E-state index in [9.17, 15) is 4.79 Å². The number of hydrazine groups is 1. The number of nitrogens with one attached hydrogen (secondary N) is 2. The predicted molar refractivity (Wildman–Crippen MR) is 138 cm³/mol. The molecule has 0 aromatic heterocycles. The monoisotopic (exact) mass is 463 g/mol. The van der Waals surface area contributed by atoms with Crippen LogP contribution in [0.3, 0.4) is 0 Å². The Bertz CT molecular complexity index is 1120. The minimum Gasteiger partial charge on any atom is -0.409 e. The van der Waals surface area contributed by atoms with Gasteiger partial charge in [0.1, 0.15) is 5.75 Å². The van der Waals surface area contributed by atoms with Gasteiger partial charge in [0.25, 0.3) is 0 Å². The normalized spacial score (nSPS) is 16.4. The predicted octanol–water partition coefficient (Wildman–Crippen LogP) is 5.00. The Balaban J connectivity index is 1.61. The molecule has 5 rings (SSSR count). The first-order valence-electron chi connectivity index (χ1n) is 12.0. The number of benzene rings is 4. The smallest absolute Gasteiger partial charge is 0.409 e. The van der Waals surface area contributed by atoms with E-state index in [2.05, 4.69) is 83.5 Å². The second kappa shape index (κ2) is 10.6. The van der Waals surface area contributed by atoms with Crippen molar-refractivity contribution >= 4 is 6.09 Å². The summed E-state index contributed by atoms with van der Waals surface area (Å²) in [6.07, 6.45) is -0.494. The number of piperazine rings is 1. The number of carbonyl (C=O) groups excluding carboxylic acids is 1. The summed E-state index contributed by atoms with van der Waals surface area (Å²) in [6.45, 7) is 2.09. The summed E-state index contributed by atoms with van der Waals surface area (Å²) < 4.78 is 5.58. The van der Waals surface area contributed by atoms with E-state index < -0.39 is 11.5 Å². The molecule has 4 aromatic carbocycles. The number of rotatable bonds is 6. The van der Waals surface area contributed by atoms with E-state index >= 15 is 0 Å². The summed E-state index contributed by atoms with van der Waals surface area (Å²) in [5.41, 5.74) is 6.00. The Kier molecular flexibility index (Phi) is 6.89. The minimum atomic E-state index is -0.544. The molecule has 0 saturated carbocycles. The summed E-state index contributed by atoms with van der Waals surface area (Å²) in [4.78, 5) is 13.0. The van der Waals surface area contributed by atoms with Gasteiger partial charge < -0.3 is 10.1 Å². The van der Waals surface area contributed by atoms with Crippen molar-refractivity contribution < 1.29 is 9.53 Å². The molecule has 1 atom stereocenters. The summed E-state index contributed by atoms with van der Waals surface area (Å²) >= 11 is 0. The molecule has 176 valence electrons. The maximum absolute atomic E-state index is 13.0. The van der Waals surface area contributed by atoms with E-state index in [4.69, 9.17) is 4.74 Å². The highest BCUT2D eigenvalue weighted by molar-refractivity contribution is 5.70. The number of hydrogen-bond donors (Lipinski definition) is 2. The van der Waals surface area contributed by atoms with E-state index in [0.29, 0.717) is 18.8 Å². The van der Waals surface area contributed by atoms with E-state index in [-0.39, 0.29) is 6.04 Å². The second-order valence-corrected chi connectivity index (χ2v) is 8.63. The molecule has 0 spiro atoms. The van der Waals surface area contributed by atoms with Gasteiger partial charge in [-0.1, -0.05) is 109 Å².